The van der Waals surface area contributed by atoms with Crippen molar-refractivity contribution >= 4 is 17.8 Å². The molecule has 0 saturated carbocycles. The number of carboxylic acids is 1. The molecule has 0 saturated heterocycles. The van der Waals surface area contributed by atoms with Crippen LogP contribution in [0.25, 0.3) is 0 Å². The number of fused-ring (bicyclic) bond motifs is 2. The van der Waals surface area contributed by atoms with Crippen molar-refractivity contribution in [2.75, 3.05) is 13.6 Å². The van der Waals surface area contributed by atoms with Crippen molar-refractivity contribution < 1.29 is 37.4 Å². The maximum absolute atomic E-state index is 12.8. The number of ether oxygens (including phenoxy) is 1. The van der Waals surface area contributed by atoms with Gasteiger partial charge in [-0.2, -0.15) is 18.3 Å². The molecule has 172 valence electrons. The van der Waals surface area contributed by atoms with Gasteiger partial charge in [0.2, 0.25) is 0 Å². The van der Waals surface area contributed by atoms with Crippen LogP contribution in [0.15, 0.2) is 30.5 Å². The molecule has 4 rings (SSSR count). The topological polar surface area (TPSA) is 114 Å². The third-order valence-corrected chi connectivity index (χ3v) is 5.02. The number of nitrogens with one attached hydrogen (secondary N) is 1. The predicted molar refractivity (Wildman–Crippen MR) is 103 cm³/mol. The molecule has 0 bridgehead atoms. The van der Waals surface area contributed by atoms with Crippen molar-refractivity contribution in [3.8, 4) is 0 Å². The second-order valence-corrected chi connectivity index (χ2v) is 7.27. The number of carbonyl (C=O) groups is 3. The highest BCUT2D eigenvalue weighted by Gasteiger charge is 2.38. The van der Waals surface area contributed by atoms with Gasteiger partial charge in [-0.3, -0.25) is 9.48 Å². The first kappa shape index (κ1) is 23.3. The Hall–Kier alpha value is -3.41. The molecular formula is C20H21F3N4O5. The zero-order chi connectivity index (χ0) is 23.5. The number of aromatic nitrogens is 2. The highest BCUT2D eigenvalue weighted by Crippen LogP contribution is 2.22. The number of hydrogen-bond acceptors (Lipinski definition) is 6. The van der Waals surface area contributed by atoms with E-state index in [1.807, 2.05) is 23.0 Å². The van der Waals surface area contributed by atoms with Crippen molar-refractivity contribution in [1.82, 2.24) is 20.0 Å². The largest absolute Gasteiger partial charge is 0.490 e. The molecule has 1 amide bonds. The number of benzene rings is 1. The first-order chi connectivity index (χ1) is 15.1. The van der Waals surface area contributed by atoms with Gasteiger partial charge in [-0.05, 0) is 11.6 Å². The van der Waals surface area contributed by atoms with Crippen LogP contribution < -0.4 is 5.32 Å². The van der Waals surface area contributed by atoms with Crippen LogP contribution in [-0.4, -0.2) is 63.5 Å². The molecule has 2 aromatic rings. The lowest BCUT2D eigenvalue weighted by molar-refractivity contribution is -0.192. The lowest BCUT2D eigenvalue weighted by Crippen LogP contribution is -2.42. The van der Waals surface area contributed by atoms with Gasteiger partial charge in [0.15, 0.2) is 6.10 Å². The lowest BCUT2D eigenvalue weighted by atomic mass is 9.98. The van der Waals surface area contributed by atoms with Gasteiger partial charge < -0.3 is 20.1 Å². The molecule has 12 heteroatoms. The molecule has 0 radical (unpaired) electrons. The highest BCUT2D eigenvalue weighted by molar-refractivity contribution is 5.95. The number of aliphatic carboxylic acids is 1. The van der Waals surface area contributed by atoms with Crippen LogP contribution in [0, 0.1) is 0 Å². The minimum Gasteiger partial charge on any atom is -0.475 e. The number of rotatable bonds is 3. The monoisotopic (exact) mass is 454 g/mol. The van der Waals surface area contributed by atoms with E-state index in [1.54, 1.807) is 24.1 Å². The summed E-state index contributed by atoms with van der Waals surface area (Å²) < 4.78 is 39.1. The average Bonchev–Trinajstić information content (AvgIpc) is 3.16. The number of nitrogens with zero attached hydrogens (tertiary/aromatic N) is 3. The van der Waals surface area contributed by atoms with E-state index in [2.05, 4.69) is 10.4 Å². The second kappa shape index (κ2) is 9.39. The number of alkyl halides is 3. The Labute approximate surface area is 180 Å². The van der Waals surface area contributed by atoms with E-state index in [0.29, 0.717) is 18.5 Å². The van der Waals surface area contributed by atoms with E-state index in [0.717, 1.165) is 36.5 Å². The molecule has 1 unspecified atom stereocenters. The van der Waals surface area contributed by atoms with Crippen LogP contribution >= 0.6 is 0 Å². The van der Waals surface area contributed by atoms with Gasteiger partial charge in [0.25, 0.3) is 5.91 Å². The molecule has 1 atom stereocenters. The number of likely N-dealkylation sites (N-methyl/N-ethyl adjacent to an activating group) is 1. The molecule has 0 fully saturated rings. The fourth-order valence-corrected chi connectivity index (χ4v) is 3.42. The van der Waals surface area contributed by atoms with Crippen LogP contribution in [0.1, 0.15) is 27.2 Å². The molecule has 2 aliphatic rings. The van der Waals surface area contributed by atoms with Gasteiger partial charge in [-0.1, -0.05) is 18.2 Å². The van der Waals surface area contributed by atoms with Gasteiger partial charge in [-0.15, -0.1) is 0 Å². The first-order valence-electron chi connectivity index (χ1n) is 9.66. The average molecular weight is 454 g/mol. The number of amides is 1. The van der Waals surface area contributed by atoms with E-state index >= 15 is 0 Å². The predicted octanol–water partition coefficient (Wildman–Crippen LogP) is 1.36. The maximum Gasteiger partial charge on any atom is 0.490 e. The Morgan fingerprint density at radius 3 is 2.72 bits per heavy atom. The molecule has 32 heavy (non-hydrogen) atoms. The van der Waals surface area contributed by atoms with E-state index in [4.69, 9.17) is 14.6 Å². The van der Waals surface area contributed by atoms with Crippen LogP contribution in [0.5, 0.6) is 0 Å². The fraction of sp³-hybridized carbons (Fsp3) is 0.400. The molecule has 9 nitrogen and oxygen atoms in total. The number of carbonyl (C=O) groups excluding carboxylic acids is 2. The van der Waals surface area contributed by atoms with Gasteiger partial charge >= 0.3 is 18.1 Å². The standard InChI is InChI=1S/C18H20N4O3.C2HF3O2/c1-21(11-13-9-20-22-7-6-19-10-15(13)22)17(23)16-8-12-4-2-3-5-14(12)18(24)25-16;3-2(4,5)1(6)7/h2-5,9,16,19H,6-8,10-11H2,1H3;(H,6,7). The smallest absolute Gasteiger partial charge is 0.475 e. The van der Waals surface area contributed by atoms with Crippen molar-refractivity contribution in [2.24, 2.45) is 0 Å². The van der Waals surface area contributed by atoms with Crippen molar-refractivity contribution in [2.45, 2.75) is 38.3 Å². The van der Waals surface area contributed by atoms with Gasteiger partial charge in [0.05, 0.1) is 24.0 Å². The number of esters is 1. The summed E-state index contributed by atoms with van der Waals surface area (Å²) in [5, 5.41) is 14.8. The SMILES string of the molecule is CN(Cc1cnn2c1CNCC2)C(=O)C1Cc2ccccc2C(=O)O1.O=C(O)C(F)(F)F. The first-order valence-corrected chi connectivity index (χ1v) is 9.66. The Balaban J connectivity index is 0.000000360. The van der Waals surface area contributed by atoms with E-state index in [9.17, 15) is 22.8 Å². The summed E-state index contributed by atoms with van der Waals surface area (Å²) in [5.41, 5.74) is 3.53. The lowest BCUT2D eigenvalue weighted by Gasteiger charge is -2.28. The minimum absolute atomic E-state index is 0.188. The quantitative estimate of drug-likeness (QED) is 0.674. The maximum atomic E-state index is 12.8. The zero-order valence-corrected chi connectivity index (χ0v) is 17.1. The molecule has 0 aliphatic carbocycles. The fourth-order valence-electron chi connectivity index (χ4n) is 3.42. The Morgan fingerprint density at radius 1 is 1.34 bits per heavy atom. The summed E-state index contributed by atoms with van der Waals surface area (Å²) in [6, 6.07) is 7.27. The molecule has 1 aromatic carbocycles. The van der Waals surface area contributed by atoms with E-state index in [1.165, 1.54) is 0 Å². The Kier molecular flexibility index (Phi) is 6.82. The number of cyclic esters (lactones) is 1. The summed E-state index contributed by atoms with van der Waals surface area (Å²) in [5.74, 6) is -3.38. The summed E-state index contributed by atoms with van der Waals surface area (Å²) in [7, 11) is 1.73. The number of hydrogen-bond donors (Lipinski definition) is 2. The summed E-state index contributed by atoms with van der Waals surface area (Å²) in [4.78, 5) is 35.4. The molecule has 2 aliphatic heterocycles. The normalized spacial score (nSPS) is 17.2. The summed E-state index contributed by atoms with van der Waals surface area (Å²) in [6.07, 6.45) is -3.62. The van der Waals surface area contributed by atoms with E-state index < -0.39 is 24.2 Å². The van der Waals surface area contributed by atoms with Gasteiger partial charge in [0, 0.05) is 38.7 Å². The van der Waals surface area contributed by atoms with Crippen molar-refractivity contribution in [1.29, 1.82) is 0 Å². The summed E-state index contributed by atoms with van der Waals surface area (Å²) >= 11 is 0. The van der Waals surface area contributed by atoms with Crippen LogP contribution in [0.4, 0.5) is 13.2 Å². The van der Waals surface area contributed by atoms with Crippen molar-refractivity contribution in [3.05, 3.63) is 52.8 Å². The second-order valence-electron chi connectivity index (χ2n) is 7.27. The third kappa shape index (κ3) is 5.25. The molecular weight excluding hydrogens is 433 g/mol. The highest BCUT2D eigenvalue weighted by atomic mass is 19.4. The number of halogens is 3. The summed E-state index contributed by atoms with van der Waals surface area (Å²) in [6.45, 7) is 2.94. The van der Waals surface area contributed by atoms with Crippen LogP contribution in [0.2, 0.25) is 0 Å². The van der Waals surface area contributed by atoms with Crippen LogP contribution in [-0.2, 0) is 40.4 Å². The minimum atomic E-state index is -5.08. The zero-order valence-electron chi connectivity index (χ0n) is 17.1. The molecule has 2 N–H and O–H groups in total. The van der Waals surface area contributed by atoms with Crippen molar-refractivity contribution in [3.63, 3.8) is 0 Å². The van der Waals surface area contributed by atoms with Crippen LogP contribution in [0.3, 0.4) is 0 Å². The number of carboxylic acid groups (broad SMARTS) is 1. The Bertz CT molecular complexity index is 1020. The third-order valence-electron chi connectivity index (χ3n) is 5.02. The van der Waals surface area contributed by atoms with Gasteiger partial charge in [0.1, 0.15) is 0 Å². The molecule has 1 aromatic heterocycles. The molecule has 3 heterocycles. The van der Waals surface area contributed by atoms with E-state index in [-0.39, 0.29) is 5.91 Å². The Morgan fingerprint density at radius 2 is 2.03 bits per heavy atom. The molecule has 0 spiro atoms. The van der Waals surface area contributed by atoms with Gasteiger partial charge in [-0.25, -0.2) is 9.59 Å².